The maximum Gasteiger partial charge on any atom is 0.223 e. The van der Waals surface area contributed by atoms with Crippen molar-refractivity contribution in [2.45, 2.75) is 31.6 Å². The smallest absolute Gasteiger partial charge is 0.223 e. The van der Waals surface area contributed by atoms with Crippen molar-refractivity contribution in [3.63, 3.8) is 0 Å². The van der Waals surface area contributed by atoms with Crippen LogP contribution in [0.15, 0.2) is 0 Å². The Balaban J connectivity index is 2.58. The summed E-state index contributed by atoms with van der Waals surface area (Å²) in [6.45, 7) is 3.23. The van der Waals surface area contributed by atoms with Crippen molar-refractivity contribution in [2.24, 2.45) is 11.7 Å². The second-order valence-electron chi connectivity index (χ2n) is 5.17. The molecule has 1 aliphatic heterocycles. The van der Waals surface area contributed by atoms with Crippen LogP contribution >= 0.6 is 11.8 Å². The first-order valence-corrected chi connectivity index (χ1v) is 9.73. The van der Waals surface area contributed by atoms with Crippen LogP contribution in [-0.4, -0.2) is 55.4 Å². The lowest BCUT2D eigenvalue weighted by Gasteiger charge is -2.34. The molecular weight excluding hydrogens is 284 g/mol. The number of hydrogen-bond acceptors (Lipinski definition) is 5. The van der Waals surface area contributed by atoms with E-state index in [1.807, 2.05) is 0 Å². The van der Waals surface area contributed by atoms with E-state index in [1.165, 1.54) is 6.26 Å². The summed E-state index contributed by atoms with van der Waals surface area (Å²) in [6.07, 6.45) is 3.30. The molecule has 1 aliphatic rings. The molecule has 0 spiro atoms. The van der Waals surface area contributed by atoms with E-state index in [1.54, 1.807) is 16.7 Å². The number of rotatable bonds is 6. The number of thioether (sulfide) groups is 1. The molecule has 2 unspecified atom stereocenters. The molecule has 2 atom stereocenters. The Kier molecular flexibility index (Phi) is 6.62. The standard InChI is InChI=1S/C12H24N2O3S2/c1-10(5-6-13)3-4-11(15)14-7-8-18-9-12(14)19(2,16)17/h10,12H,3-9,13H2,1-2H3. The summed E-state index contributed by atoms with van der Waals surface area (Å²) in [4.78, 5) is 13.7. The average molecular weight is 308 g/mol. The quantitative estimate of drug-likeness (QED) is 0.781. The molecule has 0 aromatic carbocycles. The molecular formula is C12H24N2O3S2. The van der Waals surface area contributed by atoms with Crippen LogP contribution in [0.25, 0.3) is 0 Å². The zero-order valence-electron chi connectivity index (χ0n) is 11.7. The van der Waals surface area contributed by atoms with Gasteiger partial charge in [-0.05, 0) is 25.3 Å². The van der Waals surface area contributed by atoms with Gasteiger partial charge in [0.25, 0.3) is 0 Å². The van der Waals surface area contributed by atoms with Crippen LogP contribution < -0.4 is 5.73 Å². The Morgan fingerprint density at radius 1 is 1.47 bits per heavy atom. The second-order valence-corrected chi connectivity index (χ2v) is 8.52. The van der Waals surface area contributed by atoms with Crippen molar-refractivity contribution in [1.29, 1.82) is 0 Å². The first kappa shape index (κ1) is 16.8. The van der Waals surface area contributed by atoms with Crippen LogP contribution in [0.3, 0.4) is 0 Å². The van der Waals surface area contributed by atoms with Crippen LogP contribution in [0.5, 0.6) is 0 Å². The van der Waals surface area contributed by atoms with Crippen molar-refractivity contribution in [3.8, 4) is 0 Å². The van der Waals surface area contributed by atoms with Crippen molar-refractivity contribution >= 4 is 27.5 Å². The van der Waals surface area contributed by atoms with Gasteiger partial charge >= 0.3 is 0 Å². The fraction of sp³-hybridized carbons (Fsp3) is 0.917. The molecule has 0 bridgehead atoms. The third-order valence-corrected chi connectivity index (χ3v) is 6.05. The molecule has 1 saturated heterocycles. The lowest BCUT2D eigenvalue weighted by atomic mass is 10.0. The first-order valence-electron chi connectivity index (χ1n) is 6.62. The number of carbonyl (C=O) groups is 1. The summed E-state index contributed by atoms with van der Waals surface area (Å²) < 4.78 is 23.4. The maximum absolute atomic E-state index is 12.2. The van der Waals surface area contributed by atoms with E-state index in [0.29, 0.717) is 31.2 Å². The third kappa shape index (κ3) is 5.31. The summed E-state index contributed by atoms with van der Waals surface area (Å²) in [5.74, 6) is 1.67. The largest absolute Gasteiger partial charge is 0.330 e. The summed E-state index contributed by atoms with van der Waals surface area (Å²) in [5.41, 5.74) is 5.48. The summed E-state index contributed by atoms with van der Waals surface area (Å²) >= 11 is 1.59. The SMILES string of the molecule is CC(CCN)CCC(=O)N1CCSCC1S(C)(=O)=O. The molecule has 2 N–H and O–H groups in total. The summed E-state index contributed by atoms with van der Waals surface area (Å²) in [7, 11) is -3.20. The third-order valence-electron chi connectivity index (χ3n) is 3.41. The van der Waals surface area contributed by atoms with E-state index >= 15 is 0 Å². The van der Waals surface area contributed by atoms with Gasteiger partial charge in [-0.3, -0.25) is 4.79 Å². The van der Waals surface area contributed by atoms with Crippen LogP contribution in [0.4, 0.5) is 0 Å². The van der Waals surface area contributed by atoms with Crippen molar-refractivity contribution in [1.82, 2.24) is 4.90 Å². The molecule has 0 aliphatic carbocycles. The molecule has 0 saturated carbocycles. The fourth-order valence-corrected chi connectivity index (χ4v) is 5.00. The molecule has 7 heteroatoms. The van der Waals surface area contributed by atoms with E-state index in [4.69, 9.17) is 5.73 Å². The van der Waals surface area contributed by atoms with Gasteiger partial charge in [0.2, 0.25) is 5.91 Å². The Bertz CT molecular complexity index is 398. The highest BCUT2D eigenvalue weighted by Gasteiger charge is 2.33. The molecule has 1 heterocycles. The van der Waals surface area contributed by atoms with Gasteiger partial charge in [-0.1, -0.05) is 6.92 Å². The van der Waals surface area contributed by atoms with E-state index in [0.717, 1.165) is 18.6 Å². The van der Waals surface area contributed by atoms with Crippen LogP contribution in [0, 0.1) is 5.92 Å². The lowest BCUT2D eigenvalue weighted by molar-refractivity contribution is -0.131. The number of nitrogens with zero attached hydrogens (tertiary/aromatic N) is 1. The van der Waals surface area contributed by atoms with Crippen LogP contribution in [0.1, 0.15) is 26.2 Å². The van der Waals surface area contributed by atoms with Gasteiger partial charge in [-0.25, -0.2) is 8.42 Å². The minimum absolute atomic E-state index is 0.0420. The molecule has 0 aromatic heterocycles. The molecule has 1 rings (SSSR count). The van der Waals surface area contributed by atoms with Gasteiger partial charge in [0.15, 0.2) is 9.84 Å². The van der Waals surface area contributed by atoms with Crippen LogP contribution in [0.2, 0.25) is 0 Å². The topological polar surface area (TPSA) is 80.5 Å². The van der Waals surface area contributed by atoms with Crippen molar-refractivity contribution in [2.75, 3.05) is 30.9 Å². The maximum atomic E-state index is 12.2. The molecule has 19 heavy (non-hydrogen) atoms. The summed E-state index contributed by atoms with van der Waals surface area (Å²) in [6, 6.07) is 0. The van der Waals surface area contributed by atoms with Crippen molar-refractivity contribution in [3.05, 3.63) is 0 Å². The van der Waals surface area contributed by atoms with E-state index in [9.17, 15) is 13.2 Å². The Morgan fingerprint density at radius 3 is 2.74 bits per heavy atom. The van der Waals surface area contributed by atoms with E-state index in [-0.39, 0.29) is 5.91 Å². The Labute approximate surface area is 120 Å². The fourth-order valence-electron chi connectivity index (χ4n) is 2.16. The zero-order valence-corrected chi connectivity index (χ0v) is 13.3. The van der Waals surface area contributed by atoms with Gasteiger partial charge < -0.3 is 10.6 Å². The highest BCUT2D eigenvalue weighted by molar-refractivity contribution is 8.00. The van der Waals surface area contributed by atoms with Gasteiger partial charge in [-0.15, -0.1) is 0 Å². The zero-order chi connectivity index (χ0) is 14.5. The number of sulfone groups is 1. The highest BCUT2D eigenvalue weighted by Crippen LogP contribution is 2.22. The van der Waals surface area contributed by atoms with Crippen LogP contribution in [-0.2, 0) is 14.6 Å². The number of carbonyl (C=O) groups excluding carboxylic acids is 1. The minimum Gasteiger partial charge on any atom is -0.330 e. The van der Waals surface area contributed by atoms with Gasteiger partial charge in [-0.2, -0.15) is 11.8 Å². The predicted octanol–water partition coefficient (Wildman–Crippen LogP) is 0.698. The molecule has 5 nitrogen and oxygen atoms in total. The second kappa shape index (κ2) is 7.50. The van der Waals surface area contributed by atoms with Gasteiger partial charge in [0.1, 0.15) is 5.37 Å². The Morgan fingerprint density at radius 2 is 2.16 bits per heavy atom. The summed E-state index contributed by atoms with van der Waals surface area (Å²) in [5, 5.41) is -0.649. The highest BCUT2D eigenvalue weighted by atomic mass is 32.2. The minimum atomic E-state index is -3.20. The lowest BCUT2D eigenvalue weighted by Crippen LogP contribution is -2.49. The Hall–Kier alpha value is -0.270. The number of hydrogen-bond donors (Lipinski definition) is 1. The van der Waals surface area contributed by atoms with Gasteiger partial charge in [0, 0.05) is 30.7 Å². The monoisotopic (exact) mass is 308 g/mol. The van der Waals surface area contributed by atoms with E-state index in [2.05, 4.69) is 6.92 Å². The normalized spacial score (nSPS) is 22.3. The number of amides is 1. The van der Waals surface area contributed by atoms with Gasteiger partial charge in [0.05, 0.1) is 0 Å². The molecule has 1 amide bonds. The molecule has 1 fully saturated rings. The van der Waals surface area contributed by atoms with E-state index < -0.39 is 15.2 Å². The van der Waals surface area contributed by atoms with Crippen molar-refractivity contribution < 1.29 is 13.2 Å². The first-order chi connectivity index (χ1) is 8.86. The molecule has 112 valence electrons. The predicted molar refractivity (Wildman–Crippen MR) is 79.7 cm³/mol. The number of nitrogens with two attached hydrogens (primary N) is 1. The average Bonchev–Trinajstić information content (AvgIpc) is 2.35. The molecule has 0 radical (unpaired) electrons. The molecule has 0 aromatic rings.